The molecule has 0 heterocycles. The highest BCUT2D eigenvalue weighted by atomic mass is 16.3. The second-order valence-corrected chi connectivity index (χ2v) is 5.92. The van der Waals surface area contributed by atoms with Gasteiger partial charge in [0.2, 0.25) is 0 Å². The van der Waals surface area contributed by atoms with Crippen molar-refractivity contribution in [2.24, 2.45) is 17.3 Å². The summed E-state index contributed by atoms with van der Waals surface area (Å²) in [6.07, 6.45) is 4.53. The molecule has 0 saturated heterocycles. The Labute approximate surface area is 97.7 Å². The molecule has 0 amide bonds. The van der Waals surface area contributed by atoms with E-state index in [1.165, 1.54) is 0 Å². The summed E-state index contributed by atoms with van der Waals surface area (Å²) in [5.41, 5.74) is 0.704. The molecule has 2 aliphatic carbocycles. The van der Waals surface area contributed by atoms with E-state index in [0.717, 1.165) is 24.8 Å². The van der Waals surface area contributed by atoms with Crippen molar-refractivity contribution in [3.63, 3.8) is 0 Å². The molecule has 0 aromatic carbocycles. The van der Waals surface area contributed by atoms with Crippen LogP contribution in [0.25, 0.3) is 0 Å². The Morgan fingerprint density at radius 3 is 2.69 bits per heavy atom. The molecule has 1 fully saturated rings. The van der Waals surface area contributed by atoms with Gasteiger partial charge >= 0.3 is 0 Å². The average molecular weight is 222 g/mol. The summed E-state index contributed by atoms with van der Waals surface area (Å²) in [6.45, 7) is 6.56. The molecule has 0 spiro atoms. The molecular formula is C14H22O2. The van der Waals surface area contributed by atoms with Crippen molar-refractivity contribution in [2.45, 2.75) is 52.9 Å². The van der Waals surface area contributed by atoms with Gasteiger partial charge in [0.1, 0.15) is 0 Å². The van der Waals surface area contributed by atoms with Gasteiger partial charge < -0.3 is 5.11 Å². The number of hydrogen-bond donors (Lipinski definition) is 1. The minimum Gasteiger partial charge on any atom is -0.512 e. The van der Waals surface area contributed by atoms with E-state index in [0.29, 0.717) is 30.4 Å². The molecule has 2 nitrogen and oxygen atoms in total. The monoisotopic (exact) mass is 222 g/mol. The van der Waals surface area contributed by atoms with Gasteiger partial charge in [-0.1, -0.05) is 27.2 Å². The molecule has 0 aromatic heterocycles. The smallest absolute Gasteiger partial charge is 0.163 e. The van der Waals surface area contributed by atoms with Crippen LogP contribution in [0.1, 0.15) is 52.9 Å². The predicted molar refractivity (Wildman–Crippen MR) is 64.2 cm³/mol. The average Bonchev–Trinajstić information content (AvgIpc) is 2.35. The number of rotatable bonds is 1. The first kappa shape index (κ1) is 11.7. The van der Waals surface area contributed by atoms with Crippen LogP contribution in [0.5, 0.6) is 0 Å². The predicted octanol–water partition coefficient (Wildman–Crippen LogP) is 3.62. The first-order valence-electron chi connectivity index (χ1n) is 6.42. The summed E-state index contributed by atoms with van der Waals surface area (Å²) >= 11 is 0. The number of aliphatic hydroxyl groups excluding tert-OH is 1. The van der Waals surface area contributed by atoms with Crippen molar-refractivity contribution in [2.75, 3.05) is 0 Å². The molecule has 1 saturated carbocycles. The minimum absolute atomic E-state index is 0.0637. The maximum Gasteiger partial charge on any atom is 0.163 e. The molecule has 2 heteroatoms. The second kappa shape index (κ2) is 3.90. The van der Waals surface area contributed by atoms with E-state index >= 15 is 0 Å². The van der Waals surface area contributed by atoms with E-state index < -0.39 is 0 Å². The normalized spacial score (nSPS) is 35.5. The van der Waals surface area contributed by atoms with Gasteiger partial charge in [-0.25, -0.2) is 0 Å². The molecule has 0 bridgehead atoms. The number of fused-ring (bicyclic) bond motifs is 1. The van der Waals surface area contributed by atoms with Crippen LogP contribution in [0.15, 0.2) is 11.3 Å². The standard InChI is InChI=1S/C14H22O2/c1-9(2)10-8-12(16)13-11(15)6-4-5-7-14(10,13)3/h9-10,15H,4-8H2,1-3H3/t10-,14-/m1/s1. The van der Waals surface area contributed by atoms with Crippen molar-refractivity contribution in [1.29, 1.82) is 0 Å². The Kier molecular flexibility index (Phi) is 2.85. The van der Waals surface area contributed by atoms with Crippen molar-refractivity contribution < 1.29 is 9.90 Å². The highest BCUT2D eigenvalue weighted by Gasteiger charge is 2.50. The molecule has 0 unspecified atom stereocenters. The number of hydrogen-bond acceptors (Lipinski definition) is 2. The lowest BCUT2D eigenvalue weighted by molar-refractivity contribution is -0.115. The van der Waals surface area contributed by atoms with Crippen molar-refractivity contribution >= 4 is 5.78 Å². The molecule has 0 radical (unpaired) electrons. The fourth-order valence-electron chi connectivity index (χ4n) is 3.71. The van der Waals surface area contributed by atoms with Crippen LogP contribution in [0.4, 0.5) is 0 Å². The number of allylic oxidation sites excluding steroid dienone is 2. The number of carbonyl (C=O) groups excluding carboxylic acids is 1. The Morgan fingerprint density at radius 1 is 1.38 bits per heavy atom. The quantitative estimate of drug-likeness (QED) is 0.735. The second-order valence-electron chi connectivity index (χ2n) is 5.92. The van der Waals surface area contributed by atoms with Crippen molar-refractivity contribution in [1.82, 2.24) is 0 Å². The summed E-state index contributed by atoms with van der Waals surface area (Å²) < 4.78 is 0. The third-order valence-corrected chi connectivity index (χ3v) is 4.53. The fraction of sp³-hybridized carbons (Fsp3) is 0.786. The molecule has 2 aliphatic rings. The van der Waals surface area contributed by atoms with Crippen LogP contribution >= 0.6 is 0 Å². The highest BCUT2D eigenvalue weighted by Crippen LogP contribution is 2.54. The lowest BCUT2D eigenvalue weighted by Gasteiger charge is -2.34. The molecule has 16 heavy (non-hydrogen) atoms. The summed E-state index contributed by atoms with van der Waals surface area (Å²) in [7, 11) is 0. The summed E-state index contributed by atoms with van der Waals surface area (Å²) in [5.74, 6) is 1.50. The number of ketones is 1. The van der Waals surface area contributed by atoms with Gasteiger partial charge in [-0.05, 0) is 24.7 Å². The van der Waals surface area contributed by atoms with Crippen LogP contribution in [0.3, 0.4) is 0 Å². The third kappa shape index (κ3) is 1.59. The van der Waals surface area contributed by atoms with Gasteiger partial charge in [0.05, 0.1) is 5.76 Å². The largest absolute Gasteiger partial charge is 0.512 e. The number of carbonyl (C=O) groups is 1. The lowest BCUT2D eigenvalue weighted by Crippen LogP contribution is -2.27. The van der Waals surface area contributed by atoms with Crippen LogP contribution in [-0.4, -0.2) is 10.9 Å². The van der Waals surface area contributed by atoms with Crippen LogP contribution in [0.2, 0.25) is 0 Å². The SMILES string of the molecule is CC(C)[C@H]1CC(=O)C2=C(O)CCCC[C@@]21C. The van der Waals surface area contributed by atoms with E-state index in [1.807, 2.05) is 0 Å². The topological polar surface area (TPSA) is 37.3 Å². The number of Topliss-reactive ketones (excluding diaryl/α,β-unsaturated/α-hetero) is 1. The minimum atomic E-state index is -0.0637. The van der Waals surface area contributed by atoms with E-state index in [4.69, 9.17) is 0 Å². The summed E-state index contributed by atoms with van der Waals surface area (Å²) in [5, 5.41) is 10.1. The zero-order valence-electron chi connectivity index (χ0n) is 10.5. The zero-order valence-corrected chi connectivity index (χ0v) is 10.5. The van der Waals surface area contributed by atoms with Crippen LogP contribution in [-0.2, 0) is 4.79 Å². The summed E-state index contributed by atoms with van der Waals surface area (Å²) in [4.78, 5) is 12.1. The van der Waals surface area contributed by atoms with Gasteiger partial charge in [-0.15, -0.1) is 0 Å². The van der Waals surface area contributed by atoms with Gasteiger partial charge in [0.25, 0.3) is 0 Å². The maximum atomic E-state index is 12.1. The van der Waals surface area contributed by atoms with Crippen molar-refractivity contribution in [3.05, 3.63) is 11.3 Å². The van der Waals surface area contributed by atoms with Crippen LogP contribution < -0.4 is 0 Å². The molecule has 2 rings (SSSR count). The first-order chi connectivity index (χ1) is 7.47. The van der Waals surface area contributed by atoms with Gasteiger partial charge in [-0.2, -0.15) is 0 Å². The fourth-order valence-corrected chi connectivity index (χ4v) is 3.71. The molecule has 1 N–H and O–H groups in total. The van der Waals surface area contributed by atoms with E-state index in [2.05, 4.69) is 20.8 Å². The van der Waals surface area contributed by atoms with Gasteiger partial charge in [0.15, 0.2) is 5.78 Å². The molecule has 2 atom stereocenters. The van der Waals surface area contributed by atoms with Crippen LogP contribution in [0, 0.1) is 17.3 Å². The van der Waals surface area contributed by atoms with Crippen molar-refractivity contribution in [3.8, 4) is 0 Å². The third-order valence-electron chi connectivity index (χ3n) is 4.53. The maximum absolute atomic E-state index is 12.1. The zero-order chi connectivity index (χ0) is 11.9. The van der Waals surface area contributed by atoms with E-state index in [1.54, 1.807) is 0 Å². The Hall–Kier alpha value is -0.790. The first-order valence-corrected chi connectivity index (χ1v) is 6.42. The number of aliphatic hydroxyl groups is 1. The van der Waals surface area contributed by atoms with Gasteiger partial charge in [-0.3, -0.25) is 4.79 Å². The van der Waals surface area contributed by atoms with E-state index in [9.17, 15) is 9.90 Å². The Morgan fingerprint density at radius 2 is 2.06 bits per heavy atom. The molecule has 0 aliphatic heterocycles. The summed E-state index contributed by atoms with van der Waals surface area (Å²) in [6, 6.07) is 0. The Balaban J connectivity index is 2.47. The Bertz CT molecular complexity index is 341. The highest BCUT2D eigenvalue weighted by molar-refractivity contribution is 6.00. The van der Waals surface area contributed by atoms with Gasteiger partial charge in [0, 0.05) is 23.8 Å². The molecule has 90 valence electrons. The molecule has 0 aromatic rings. The molecular weight excluding hydrogens is 200 g/mol. The van der Waals surface area contributed by atoms with E-state index in [-0.39, 0.29) is 11.2 Å². The lowest BCUT2D eigenvalue weighted by atomic mass is 9.69.